The summed E-state index contributed by atoms with van der Waals surface area (Å²) in [6.45, 7) is 0. The molecule has 0 bridgehead atoms. The summed E-state index contributed by atoms with van der Waals surface area (Å²) in [7, 11) is 0. The Labute approximate surface area is 119 Å². The molecule has 0 spiro atoms. The molecule has 0 amide bonds. The molecular formula is C16H13BrF2. The third kappa shape index (κ3) is 2.44. The Kier molecular flexibility index (Phi) is 3.40. The number of halogens is 3. The number of rotatable bonds is 2. The van der Waals surface area contributed by atoms with E-state index in [0.29, 0.717) is 11.5 Å². The molecular weight excluding hydrogens is 310 g/mol. The Morgan fingerprint density at radius 2 is 1.47 bits per heavy atom. The second-order valence-corrected chi connectivity index (χ2v) is 5.80. The molecule has 19 heavy (non-hydrogen) atoms. The first kappa shape index (κ1) is 12.8. The quantitative estimate of drug-likeness (QED) is 0.625. The zero-order valence-corrected chi connectivity index (χ0v) is 11.9. The fourth-order valence-electron chi connectivity index (χ4n) is 2.41. The van der Waals surface area contributed by atoms with Crippen molar-refractivity contribution in [2.75, 3.05) is 0 Å². The summed E-state index contributed by atoms with van der Waals surface area (Å²) in [6, 6.07) is 10.7. The van der Waals surface area contributed by atoms with E-state index in [1.54, 1.807) is 0 Å². The van der Waals surface area contributed by atoms with Gasteiger partial charge in [-0.1, -0.05) is 30.7 Å². The molecule has 0 N–H and O–H groups in total. The maximum absolute atomic E-state index is 13.5. The molecule has 0 unspecified atom stereocenters. The normalized spacial score (nSPS) is 15.3. The molecule has 0 radical (unpaired) electrons. The van der Waals surface area contributed by atoms with Gasteiger partial charge in [0.25, 0.3) is 0 Å². The van der Waals surface area contributed by atoms with Gasteiger partial charge < -0.3 is 0 Å². The summed E-state index contributed by atoms with van der Waals surface area (Å²) < 4.78 is 26.9. The van der Waals surface area contributed by atoms with E-state index >= 15 is 0 Å². The molecule has 0 saturated heterocycles. The van der Waals surface area contributed by atoms with Gasteiger partial charge in [0, 0.05) is 0 Å². The maximum Gasteiger partial charge on any atom is 0.140 e. The predicted molar refractivity (Wildman–Crippen MR) is 76.1 cm³/mol. The summed E-state index contributed by atoms with van der Waals surface area (Å²) in [6.07, 6.45) is 3.80. The zero-order chi connectivity index (χ0) is 13.4. The Bertz CT molecular complexity index is 578. The van der Waals surface area contributed by atoms with Crippen LogP contribution in [0.2, 0.25) is 0 Å². The van der Waals surface area contributed by atoms with Crippen LogP contribution in [0.25, 0.3) is 11.1 Å². The molecule has 3 rings (SSSR count). The molecule has 2 aromatic rings. The fraction of sp³-hybridized carbons (Fsp3) is 0.250. The van der Waals surface area contributed by atoms with Crippen LogP contribution in [0.4, 0.5) is 8.78 Å². The monoisotopic (exact) mass is 322 g/mol. The first-order valence-corrected chi connectivity index (χ1v) is 7.19. The van der Waals surface area contributed by atoms with E-state index in [9.17, 15) is 8.78 Å². The summed E-state index contributed by atoms with van der Waals surface area (Å²) in [5.74, 6) is -0.469. The lowest BCUT2D eigenvalue weighted by atomic mass is 9.80. The first-order chi connectivity index (χ1) is 9.15. The van der Waals surface area contributed by atoms with E-state index in [1.165, 1.54) is 37.0 Å². The Hall–Kier alpha value is -1.22. The van der Waals surface area contributed by atoms with Gasteiger partial charge in [-0.2, -0.15) is 0 Å². The Morgan fingerprint density at radius 3 is 1.95 bits per heavy atom. The summed E-state index contributed by atoms with van der Waals surface area (Å²) in [4.78, 5) is 0. The topological polar surface area (TPSA) is 0 Å². The second-order valence-electron chi connectivity index (χ2n) is 5.00. The van der Waals surface area contributed by atoms with Crippen LogP contribution in [-0.4, -0.2) is 0 Å². The van der Waals surface area contributed by atoms with Gasteiger partial charge in [0.05, 0.1) is 4.47 Å². The zero-order valence-electron chi connectivity index (χ0n) is 10.3. The van der Waals surface area contributed by atoms with Crippen LogP contribution in [0, 0.1) is 11.6 Å². The van der Waals surface area contributed by atoms with Gasteiger partial charge in [0.2, 0.25) is 0 Å². The third-order valence-corrected chi connectivity index (χ3v) is 4.56. The van der Waals surface area contributed by atoms with E-state index < -0.39 is 11.6 Å². The van der Waals surface area contributed by atoms with Crippen molar-refractivity contribution in [1.29, 1.82) is 0 Å². The average molecular weight is 323 g/mol. The second kappa shape index (κ2) is 5.04. The first-order valence-electron chi connectivity index (χ1n) is 6.40. The largest absolute Gasteiger partial charge is 0.206 e. The van der Waals surface area contributed by atoms with Crippen LogP contribution in [0.15, 0.2) is 40.9 Å². The molecule has 0 aliphatic heterocycles. The van der Waals surface area contributed by atoms with Crippen LogP contribution in [0.1, 0.15) is 30.7 Å². The van der Waals surface area contributed by atoms with Crippen molar-refractivity contribution in [2.45, 2.75) is 25.2 Å². The minimum atomic E-state index is -0.571. The van der Waals surface area contributed by atoms with Gasteiger partial charge >= 0.3 is 0 Å². The van der Waals surface area contributed by atoms with Crippen LogP contribution < -0.4 is 0 Å². The number of hydrogen-bond acceptors (Lipinski definition) is 0. The molecule has 0 atom stereocenters. The van der Waals surface area contributed by atoms with Crippen LogP contribution >= 0.6 is 15.9 Å². The standard InChI is InChI=1S/C16H13BrF2/c17-16-14(18)8-13(9-15(16)19)12-6-4-11(5-7-12)10-2-1-3-10/h4-10H,1-3H2. The minimum Gasteiger partial charge on any atom is -0.206 e. The minimum absolute atomic E-state index is 0.109. The highest BCUT2D eigenvalue weighted by Crippen LogP contribution is 2.37. The molecule has 1 fully saturated rings. The third-order valence-electron chi connectivity index (χ3n) is 3.80. The van der Waals surface area contributed by atoms with Crippen LogP contribution in [0.5, 0.6) is 0 Å². The highest BCUT2D eigenvalue weighted by Gasteiger charge is 2.19. The fourth-order valence-corrected chi connectivity index (χ4v) is 2.64. The van der Waals surface area contributed by atoms with Gasteiger partial charge in [0.15, 0.2) is 0 Å². The van der Waals surface area contributed by atoms with Crippen molar-refractivity contribution in [3.8, 4) is 11.1 Å². The van der Waals surface area contributed by atoms with E-state index in [0.717, 1.165) is 5.56 Å². The van der Waals surface area contributed by atoms with Crippen molar-refractivity contribution >= 4 is 15.9 Å². The van der Waals surface area contributed by atoms with E-state index in [1.807, 2.05) is 12.1 Å². The van der Waals surface area contributed by atoms with Crippen LogP contribution in [0.3, 0.4) is 0 Å². The molecule has 1 saturated carbocycles. The van der Waals surface area contributed by atoms with Crippen molar-refractivity contribution in [2.24, 2.45) is 0 Å². The van der Waals surface area contributed by atoms with Gasteiger partial charge in [-0.15, -0.1) is 0 Å². The van der Waals surface area contributed by atoms with E-state index in [4.69, 9.17) is 0 Å². The van der Waals surface area contributed by atoms with Gasteiger partial charge in [-0.3, -0.25) is 0 Å². The number of hydrogen-bond donors (Lipinski definition) is 0. The molecule has 0 heterocycles. The van der Waals surface area contributed by atoms with Crippen molar-refractivity contribution < 1.29 is 8.78 Å². The lowest BCUT2D eigenvalue weighted by Gasteiger charge is -2.25. The molecule has 1 aliphatic rings. The summed E-state index contributed by atoms with van der Waals surface area (Å²) in [5, 5.41) is 0. The van der Waals surface area contributed by atoms with Crippen molar-refractivity contribution in [3.05, 3.63) is 58.1 Å². The van der Waals surface area contributed by atoms with Gasteiger partial charge in [0.1, 0.15) is 11.6 Å². The molecule has 0 nitrogen and oxygen atoms in total. The van der Waals surface area contributed by atoms with Gasteiger partial charge in [-0.05, 0) is 63.5 Å². The molecule has 3 heteroatoms. The van der Waals surface area contributed by atoms with Crippen LogP contribution in [-0.2, 0) is 0 Å². The van der Waals surface area contributed by atoms with Gasteiger partial charge in [-0.25, -0.2) is 8.78 Å². The molecule has 1 aliphatic carbocycles. The SMILES string of the molecule is Fc1cc(-c2ccc(C3CCC3)cc2)cc(F)c1Br. The molecule has 2 aromatic carbocycles. The predicted octanol–water partition coefficient (Wildman–Crippen LogP) is 5.66. The van der Waals surface area contributed by atoms with Crippen molar-refractivity contribution in [1.82, 2.24) is 0 Å². The maximum atomic E-state index is 13.5. The van der Waals surface area contributed by atoms with E-state index in [-0.39, 0.29) is 4.47 Å². The molecule has 0 aromatic heterocycles. The molecule has 98 valence electrons. The highest BCUT2D eigenvalue weighted by atomic mass is 79.9. The Balaban J connectivity index is 1.93. The summed E-state index contributed by atoms with van der Waals surface area (Å²) >= 11 is 2.88. The average Bonchev–Trinajstić information content (AvgIpc) is 2.34. The lowest BCUT2D eigenvalue weighted by molar-refractivity contribution is 0.420. The summed E-state index contributed by atoms with van der Waals surface area (Å²) in [5.41, 5.74) is 2.74. The number of benzene rings is 2. The smallest absolute Gasteiger partial charge is 0.140 e. The lowest BCUT2D eigenvalue weighted by Crippen LogP contribution is -2.08. The Morgan fingerprint density at radius 1 is 0.895 bits per heavy atom. The van der Waals surface area contributed by atoms with E-state index in [2.05, 4.69) is 28.1 Å². The van der Waals surface area contributed by atoms with Crippen molar-refractivity contribution in [3.63, 3.8) is 0 Å². The highest BCUT2D eigenvalue weighted by molar-refractivity contribution is 9.10.